The van der Waals surface area contributed by atoms with Gasteiger partial charge in [-0.15, -0.1) is 0 Å². The first-order chi connectivity index (χ1) is 13.1. The lowest BCUT2D eigenvalue weighted by atomic mass is 10.1. The van der Waals surface area contributed by atoms with Crippen molar-refractivity contribution >= 4 is 26.6 Å². The number of rotatable bonds is 5. The fourth-order valence-corrected chi connectivity index (χ4v) is 3.58. The average molecular weight is 411 g/mol. The molecule has 0 bridgehead atoms. The summed E-state index contributed by atoms with van der Waals surface area (Å²) in [4.78, 5) is 14.2. The summed E-state index contributed by atoms with van der Waals surface area (Å²) in [5.74, 6) is 0. The van der Waals surface area contributed by atoms with Gasteiger partial charge in [0.15, 0.2) is 0 Å². The summed E-state index contributed by atoms with van der Waals surface area (Å²) in [6, 6.07) is 8.72. The van der Waals surface area contributed by atoms with Crippen LogP contribution in [0.4, 0.5) is 18.9 Å². The minimum atomic E-state index is -4.58. The van der Waals surface area contributed by atoms with Crippen LogP contribution < -0.4 is 4.72 Å². The van der Waals surface area contributed by atoms with Gasteiger partial charge in [0, 0.05) is 35.8 Å². The molecular weight excluding hydrogens is 399 g/mol. The predicted octanol–water partition coefficient (Wildman–Crippen LogP) is 3.64. The van der Waals surface area contributed by atoms with Crippen LogP contribution in [0.25, 0.3) is 10.9 Å². The van der Waals surface area contributed by atoms with E-state index in [0.29, 0.717) is 23.0 Å². The number of benzene rings is 2. The van der Waals surface area contributed by atoms with Crippen LogP contribution in [0.15, 0.2) is 59.6 Å². The second-order valence-corrected chi connectivity index (χ2v) is 7.55. The smallest absolute Gasteiger partial charge is 0.258 e. The maximum absolute atomic E-state index is 12.6. The number of non-ortho nitro benzene ring substituents is 1. The number of sulfonamides is 1. The van der Waals surface area contributed by atoms with Crippen LogP contribution in [0.1, 0.15) is 11.1 Å². The summed E-state index contributed by atoms with van der Waals surface area (Å²) >= 11 is 0. The third-order valence-electron chi connectivity index (χ3n) is 3.92. The molecule has 2 aromatic carbocycles. The molecule has 0 aliphatic heterocycles. The Hall–Kier alpha value is -3.05. The largest absolute Gasteiger partial charge is 0.416 e. The number of hydrogen-bond donors (Lipinski definition) is 1. The summed E-state index contributed by atoms with van der Waals surface area (Å²) in [5, 5.41) is 11.5. The van der Waals surface area contributed by atoms with E-state index in [2.05, 4.69) is 9.71 Å². The Balaban J connectivity index is 1.90. The van der Waals surface area contributed by atoms with Crippen molar-refractivity contribution in [3.8, 4) is 0 Å². The molecule has 0 saturated heterocycles. The number of aromatic nitrogens is 1. The number of pyridine rings is 1. The molecule has 1 aromatic heterocycles. The molecule has 1 N–H and O–H groups in total. The van der Waals surface area contributed by atoms with Crippen LogP contribution in [-0.2, 0) is 22.7 Å². The molecule has 0 amide bonds. The lowest BCUT2D eigenvalue weighted by Gasteiger charge is -2.10. The summed E-state index contributed by atoms with van der Waals surface area (Å²) in [7, 11) is -4.14. The lowest BCUT2D eigenvalue weighted by Crippen LogP contribution is -2.23. The van der Waals surface area contributed by atoms with E-state index in [1.807, 2.05) is 0 Å². The molecule has 7 nitrogen and oxygen atoms in total. The Morgan fingerprint density at radius 3 is 2.39 bits per heavy atom. The predicted molar refractivity (Wildman–Crippen MR) is 93.9 cm³/mol. The zero-order chi connectivity index (χ0) is 20.5. The molecule has 0 unspecified atom stereocenters. The topological polar surface area (TPSA) is 102 Å². The number of halogens is 3. The number of fused-ring (bicyclic) bond motifs is 1. The van der Waals surface area contributed by atoms with E-state index in [0.717, 1.165) is 12.1 Å². The van der Waals surface area contributed by atoms with E-state index in [9.17, 15) is 31.7 Å². The van der Waals surface area contributed by atoms with Crippen molar-refractivity contribution in [3.05, 3.63) is 76.0 Å². The third-order valence-corrected chi connectivity index (χ3v) is 5.34. The highest BCUT2D eigenvalue weighted by molar-refractivity contribution is 7.89. The van der Waals surface area contributed by atoms with E-state index in [4.69, 9.17) is 0 Å². The third kappa shape index (κ3) is 4.10. The number of alkyl halides is 3. The first kappa shape index (κ1) is 19.7. The molecule has 0 fully saturated rings. The zero-order valence-corrected chi connectivity index (χ0v) is 14.8. The molecule has 0 aliphatic rings. The normalized spacial score (nSPS) is 12.2. The van der Waals surface area contributed by atoms with Crippen molar-refractivity contribution in [1.82, 2.24) is 9.71 Å². The fraction of sp³-hybridized carbons (Fsp3) is 0.118. The number of nitrogens with one attached hydrogen (secondary N) is 1. The second-order valence-electron chi connectivity index (χ2n) is 5.78. The Labute approximate surface area is 157 Å². The lowest BCUT2D eigenvalue weighted by molar-refractivity contribution is -0.384. The van der Waals surface area contributed by atoms with Crippen LogP contribution in [-0.4, -0.2) is 18.3 Å². The maximum atomic E-state index is 12.6. The van der Waals surface area contributed by atoms with Gasteiger partial charge in [0.2, 0.25) is 10.0 Å². The van der Waals surface area contributed by atoms with Gasteiger partial charge in [-0.25, -0.2) is 13.1 Å². The second kappa shape index (κ2) is 7.17. The molecule has 0 aliphatic carbocycles. The van der Waals surface area contributed by atoms with Gasteiger partial charge in [0.05, 0.1) is 20.9 Å². The van der Waals surface area contributed by atoms with Gasteiger partial charge in [-0.2, -0.15) is 13.2 Å². The monoisotopic (exact) mass is 411 g/mol. The summed E-state index contributed by atoms with van der Waals surface area (Å²) in [6.07, 6.45) is -3.12. The van der Waals surface area contributed by atoms with Gasteiger partial charge in [0.25, 0.3) is 5.69 Å². The molecule has 146 valence electrons. The van der Waals surface area contributed by atoms with E-state index in [-0.39, 0.29) is 22.7 Å². The van der Waals surface area contributed by atoms with Crippen molar-refractivity contribution in [1.29, 1.82) is 0 Å². The van der Waals surface area contributed by atoms with Crippen molar-refractivity contribution in [2.24, 2.45) is 0 Å². The Bertz CT molecular complexity index is 1150. The van der Waals surface area contributed by atoms with Gasteiger partial charge in [-0.1, -0.05) is 6.07 Å². The Kier molecular flexibility index (Phi) is 5.04. The van der Waals surface area contributed by atoms with E-state index < -0.39 is 26.7 Å². The Morgan fingerprint density at radius 1 is 1.11 bits per heavy atom. The first-order valence-corrected chi connectivity index (χ1v) is 9.25. The highest BCUT2D eigenvalue weighted by atomic mass is 32.2. The highest BCUT2D eigenvalue weighted by Crippen LogP contribution is 2.30. The molecule has 3 rings (SSSR count). The highest BCUT2D eigenvalue weighted by Gasteiger charge is 2.30. The maximum Gasteiger partial charge on any atom is 0.416 e. The summed E-state index contributed by atoms with van der Waals surface area (Å²) in [5.41, 5.74) is -0.562. The zero-order valence-electron chi connectivity index (χ0n) is 14.0. The van der Waals surface area contributed by atoms with Gasteiger partial charge in [-0.05, 0) is 30.3 Å². The molecule has 0 saturated carbocycles. The SMILES string of the molecule is O=[N+]([O-])c1cc(CNS(=O)(=O)c2ccc(C(F)(F)F)cc2)c2ncccc2c1. The molecule has 0 spiro atoms. The minimum absolute atomic E-state index is 0.232. The molecular formula is C17H12F3N3O4S. The Morgan fingerprint density at radius 2 is 1.79 bits per heavy atom. The van der Waals surface area contributed by atoms with Crippen LogP contribution in [0.2, 0.25) is 0 Å². The molecule has 11 heteroatoms. The summed E-state index contributed by atoms with van der Waals surface area (Å²) < 4.78 is 64.8. The van der Waals surface area contributed by atoms with Crippen molar-refractivity contribution < 1.29 is 26.5 Å². The molecule has 28 heavy (non-hydrogen) atoms. The number of nitro benzene ring substituents is 1. The molecule has 1 heterocycles. The van der Waals surface area contributed by atoms with Crippen LogP contribution in [0.3, 0.4) is 0 Å². The number of hydrogen-bond acceptors (Lipinski definition) is 5. The standard InChI is InChI=1S/C17H12F3N3O4S/c18-17(19,20)13-3-5-15(6-4-13)28(26,27)22-10-12-9-14(23(24)25)8-11-2-1-7-21-16(11)12/h1-9,22H,10H2. The van der Waals surface area contributed by atoms with Crippen LogP contribution in [0.5, 0.6) is 0 Å². The molecule has 3 aromatic rings. The van der Waals surface area contributed by atoms with Crippen molar-refractivity contribution in [3.63, 3.8) is 0 Å². The van der Waals surface area contributed by atoms with E-state index >= 15 is 0 Å². The van der Waals surface area contributed by atoms with Crippen molar-refractivity contribution in [2.75, 3.05) is 0 Å². The number of nitro groups is 1. The van der Waals surface area contributed by atoms with Gasteiger partial charge >= 0.3 is 6.18 Å². The van der Waals surface area contributed by atoms with Gasteiger partial charge < -0.3 is 0 Å². The minimum Gasteiger partial charge on any atom is -0.258 e. The van der Waals surface area contributed by atoms with Crippen LogP contribution in [0, 0.1) is 10.1 Å². The van der Waals surface area contributed by atoms with E-state index in [1.165, 1.54) is 18.3 Å². The number of nitrogens with zero attached hydrogens (tertiary/aromatic N) is 2. The first-order valence-electron chi connectivity index (χ1n) is 7.77. The quantitative estimate of drug-likeness (QED) is 0.510. The van der Waals surface area contributed by atoms with Crippen LogP contribution >= 0.6 is 0 Å². The van der Waals surface area contributed by atoms with Crippen molar-refractivity contribution in [2.45, 2.75) is 17.6 Å². The van der Waals surface area contributed by atoms with Gasteiger partial charge in [-0.3, -0.25) is 15.1 Å². The fourth-order valence-electron chi connectivity index (χ4n) is 2.57. The average Bonchev–Trinajstić information content (AvgIpc) is 2.65. The van der Waals surface area contributed by atoms with E-state index in [1.54, 1.807) is 12.1 Å². The molecule has 0 radical (unpaired) electrons. The molecule has 0 atom stereocenters. The summed E-state index contributed by atoms with van der Waals surface area (Å²) in [6.45, 7) is -0.321. The van der Waals surface area contributed by atoms with Gasteiger partial charge in [0.1, 0.15) is 0 Å².